The van der Waals surface area contributed by atoms with Gasteiger partial charge in [-0.1, -0.05) is 35.4 Å². The van der Waals surface area contributed by atoms with Crippen LogP contribution in [0.5, 0.6) is 0 Å². The van der Waals surface area contributed by atoms with Gasteiger partial charge in [0, 0.05) is 30.0 Å². The molecule has 3 heteroatoms. The van der Waals surface area contributed by atoms with E-state index in [1.54, 1.807) is 0 Å². The summed E-state index contributed by atoms with van der Waals surface area (Å²) in [5.74, 6) is 0.492. The SMILES string of the molecule is C=C(Br)CN1CCC2(O)CCCCC2C1. The molecule has 86 valence electrons. The number of piperidine rings is 1. The molecule has 0 aromatic carbocycles. The Balaban J connectivity index is 1.95. The monoisotopic (exact) mass is 273 g/mol. The van der Waals surface area contributed by atoms with Gasteiger partial charge in [-0.25, -0.2) is 0 Å². The van der Waals surface area contributed by atoms with E-state index in [9.17, 15) is 5.11 Å². The van der Waals surface area contributed by atoms with E-state index in [1.807, 2.05) is 0 Å². The van der Waals surface area contributed by atoms with Gasteiger partial charge < -0.3 is 5.11 Å². The second-order valence-corrected chi connectivity index (χ2v) is 6.17. The lowest BCUT2D eigenvalue weighted by Gasteiger charge is -2.47. The van der Waals surface area contributed by atoms with Crippen molar-refractivity contribution in [2.75, 3.05) is 19.6 Å². The number of hydrogen-bond donors (Lipinski definition) is 1. The summed E-state index contributed by atoms with van der Waals surface area (Å²) >= 11 is 3.41. The highest BCUT2D eigenvalue weighted by Gasteiger charge is 2.42. The number of aliphatic hydroxyl groups is 1. The van der Waals surface area contributed by atoms with E-state index in [2.05, 4.69) is 27.4 Å². The topological polar surface area (TPSA) is 23.5 Å². The Morgan fingerprint density at radius 2 is 2.27 bits per heavy atom. The van der Waals surface area contributed by atoms with Crippen LogP contribution in [0.15, 0.2) is 11.1 Å². The summed E-state index contributed by atoms with van der Waals surface area (Å²) in [6.07, 6.45) is 5.65. The number of likely N-dealkylation sites (tertiary alicyclic amines) is 1. The lowest BCUT2D eigenvalue weighted by atomic mass is 9.71. The molecular weight excluding hydrogens is 254 g/mol. The Labute approximate surface area is 100 Å². The summed E-state index contributed by atoms with van der Waals surface area (Å²) in [6, 6.07) is 0. The molecule has 1 saturated heterocycles. The van der Waals surface area contributed by atoms with Gasteiger partial charge in [-0.15, -0.1) is 0 Å². The van der Waals surface area contributed by atoms with Gasteiger partial charge in [-0.05, 0) is 19.3 Å². The standard InChI is InChI=1S/C12H20BrNO/c1-10(13)8-14-7-6-12(15)5-3-2-4-11(12)9-14/h11,15H,1-9H2. The number of halogens is 1. The smallest absolute Gasteiger partial charge is 0.0700 e. The zero-order chi connectivity index (χ0) is 10.9. The predicted octanol–water partition coefficient (Wildman–Crippen LogP) is 2.52. The summed E-state index contributed by atoms with van der Waals surface area (Å²) in [7, 11) is 0. The van der Waals surface area contributed by atoms with Crippen LogP contribution in [-0.2, 0) is 0 Å². The third kappa shape index (κ3) is 2.63. The van der Waals surface area contributed by atoms with E-state index >= 15 is 0 Å². The first kappa shape index (κ1) is 11.6. The van der Waals surface area contributed by atoms with E-state index in [4.69, 9.17) is 0 Å². The minimum absolute atomic E-state index is 0.345. The molecule has 2 fully saturated rings. The third-order valence-corrected chi connectivity index (χ3v) is 4.16. The average Bonchev–Trinajstić information content (AvgIpc) is 2.17. The predicted molar refractivity (Wildman–Crippen MR) is 66.0 cm³/mol. The van der Waals surface area contributed by atoms with Crippen molar-refractivity contribution in [2.45, 2.75) is 37.7 Å². The van der Waals surface area contributed by atoms with Gasteiger partial charge in [0.1, 0.15) is 0 Å². The fourth-order valence-corrected chi connectivity index (χ4v) is 3.38. The summed E-state index contributed by atoms with van der Waals surface area (Å²) < 4.78 is 1.05. The fourth-order valence-electron chi connectivity index (χ4n) is 3.03. The van der Waals surface area contributed by atoms with E-state index < -0.39 is 0 Å². The highest BCUT2D eigenvalue weighted by Crippen LogP contribution is 2.39. The van der Waals surface area contributed by atoms with Crippen molar-refractivity contribution in [3.05, 3.63) is 11.1 Å². The van der Waals surface area contributed by atoms with Gasteiger partial charge >= 0.3 is 0 Å². The van der Waals surface area contributed by atoms with Crippen LogP contribution in [-0.4, -0.2) is 35.2 Å². The van der Waals surface area contributed by atoms with Crippen molar-refractivity contribution in [3.8, 4) is 0 Å². The van der Waals surface area contributed by atoms with Crippen molar-refractivity contribution in [2.24, 2.45) is 5.92 Å². The highest BCUT2D eigenvalue weighted by atomic mass is 79.9. The van der Waals surface area contributed by atoms with Crippen LogP contribution >= 0.6 is 15.9 Å². The van der Waals surface area contributed by atoms with E-state index in [1.165, 1.54) is 19.3 Å². The molecule has 0 aromatic heterocycles. The molecule has 0 bridgehead atoms. The average molecular weight is 274 g/mol. The molecule has 2 atom stereocenters. The molecule has 15 heavy (non-hydrogen) atoms. The molecular formula is C12H20BrNO. The molecule has 1 aliphatic carbocycles. The van der Waals surface area contributed by atoms with Gasteiger partial charge in [0.15, 0.2) is 0 Å². The van der Waals surface area contributed by atoms with Crippen LogP contribution in [0, 0.1) is 5.92 Å². The second-order valence-electron chi connectivity index (χ2n) is 5.05. The van der Waals surface area contributed by atoms with Crippen molar-refractivity contribution < 1.29 is 5.11 Å². The van der Waals surface area contributed by atoms with Gasteiger partial charge in [-0.2, -0.15) is 0 Å². The Morgan fingerprint density at radius 1 is 1.47 bits per heavy atom. The van der Waals surface area contributed by atoms with Gasteiger partial charge in [-0.3, -0.25) is 4.90 Å². The Bertz CT molecular complexity index is 256. The van der Waals surface area contributed by atoms with Crippen LogP contribution in [0.3, 0.4) is 0 Å². The fraction of sp³-hybridized carbons (Fsp3) is 0.833. The highest BCUT2D eigenvalue weighted by molar-refractivity contribution is 9.11. The molecule has 1 saturated carbocycles. The molecule has 1 N–H and O–H groups in total. The zero-order valence-electron chi connectivity index (χ0n) is 9.21. The number of rotatable bonds is 2. The van der Waals surface area contributed by atoms with Gasteiger partial charge in [0.25, 0.3) is 0 Å². The van der Waals surface area contributed by atoms with Crippen LogP contribution in [0.2, 0.25) is 0 Å². The summed E-state index contributed by atoms with van der Waals surface area (Å²) in [5.41, 5.74) is -0.345. The molecule has 0 radical (unpaired) electrons. The van der Waals surface area contributed by atoms with Crippen molar-refractivity contribution in [1.82, 2.24) is 4.90 Å². The van der Waals surface area contributed by atoms with E-state index in [-0.39, 0.29) is 5.60 Å². The normalized spacial score (nSPS) is 37.3. The number of fused-ring (bicyclic) bond motifs is 1. The van der Waals surface area contributed by atoms with Crippen LogP contribution < -0.4 is 0 Å². The molecule has 1 heterocycles. The Morgan fingerprint density at radius 3 is 3.00 bits per heavy atom. The molecule has 0 aromatic rings. The number of hydrogen-bond acceptors (Lipinski definition) is 2. The minimum Gasteiger partial charge on any atom is -0.390 e. The first-order valence-corrected chi connectivity index (χ1v) is 6.67. The van der Waals surface area contributed by atoms with Crippen molar-refractivity contribution in [3.63, 3.8) is 0 Å². The maximum atomic E-state index is 10.5. The van der Waals surface area contributed by atoms with Crippen molar-refractivity contribution in [1.29, 1.82) is 0 Å². The summed E-state index contributed by atoms with van der Waals surface area (Å²) in [5, 5.41) is 10.5. The Hall–Kier alpha value is 0.140. The molecule has 0 amide bonds. The van der Waals surface area contributed by atoms with Gasteiger partial charge in [0.2, 0.25) is 0 Å². The zero-order valence-corrected chi connectivity index (χ0v) is 10.8. The van der Waals surface area contributed by atoms with Crippen LogP contribution in [0.25, 0.3) is 0 Å². The first-order chi connectivity index (χ1) is 7.10. The number of nitrogens with zero attached hydrogens (tertiary/aromatic N) is 1. The lowest BCUT2D eigenvalue weighted by Crippen LogP contribution is -2.53. The lowest BCUT2D eigenvalue weighted by molar-refractivity contribution is -0.0934. The molecule has 2 nitrogen and oxygen atoms in total. The Kier molecular flexibility index (Phi) is 3.53. The van der Waals surface area contributed by atoms with Crippen LogP contribution in [0.1, 0.15) is 32.1 Å². The third-order valence-electron chi connectivity index (χ3n) is 3.91. The molecule has 2 rings (SSSR count). The van der Waals surface area contributed by atoms with Gasteiger partial charge in [0.05, 0.1) is 5.60 Å². The molecule has 2 unspecified atom stereocenters. The minimum atomic E-state index is -0.345. The maximum Gasteiger partial charge on any atom is 0.0700 e. The molecule has 0 spiro atoms. The van der Waals surface area contributed by atoms with Crippen molar-refractivity contribution >= 4 is 15.9 Å². The summed E-state index contributed by atoms with van der Waals surface area (Å²) in [6.45, 7) is 6.86. The quantitative estimate of drug-likeness (QED) is 0.836. The van der Waals surface area contributed by atoms with E-state index in [0.717, 1.165) is 37.0 Å². The first-order valence-electron chi connectivity index (χ1n) is 5.88. The second kappa shape index (κ2) is 4.56. The summed E-state index contributed by atoms with van der Waals surface area (Å²) in [4.78, 5) is 2.40. The maximum absolute atomic E-state index is 10.5. The van der Waals surface area contributed by atoms with E-state index in [0.29, 0.717) is 5.92 Å². The molecule has 1 aliphatic heterocycles. The largest absolute Gasteiger partial charge is 0.390 e. The van der Waals surface area contributed by atoms with Crippen LogP contribution in [0.4, 0.5) is 0 Å². The molecule has 2 aliphatic rings.